The van der Waals surface area contributed by atoms with Gasteiger partial charge in [0.05, 0.1) is 5.69 Å². The first-order valence-electron chi connectivity index (χ1n) is 19.5. The molecular weight excluding hydrogens is 754 g/mol. The highest BCUT2D eigenvalue weighted by Gasteiger charge is 2.28. The van der Waals surface area contributed by atoms with E-state index in [-0.39, 0.29) is 28.4 Å². The summed E-state index contributed by atoms with van der Waals surface area (Å²) in [7, 11) is 0. The molecule has 0 fully saturated rings. The number of hydrogen-bond acceptors (Lipinski definition) is 7. The van der Waals surface area contributed by atoms with Gasteiger partial charge in [-0.1, -0.05) is 123 Å². The molecule has 0 spiro atoms. The van der Waals surface area contributed by atoms with Gasteiger partial charge in [0.1, 0.15) is 22.2 Å². The van der Waals surface area contributed by atoms with Gasteiger partial charge < -0.3 is 30.0 Å². The van der Waals surface area contributed by atoms with Gasteiger partial charge in [0, 0.05) is 29.8 Å². The van der Waals surface area contributed by atoms with Crippen molar-refractivity contribution in [1.82, 2.24) is 24.6 Å². The molecule has 12 nitrogen and oxygen atoms in total. The molecule has 0 aliphatic rings. The van der Waals surface area contributed by atoms with Crippen LogP contribution >= 0.6 is 11.6 Å². The summed E-state index contributed by atoms with van der Waals surface area (Å²) in [6, 6.07) is 30.9. The summed E-state index contributed by atoms with van der Waals surface area (Å²) in [5.74, 6) is -0.0478. The summed E-state index contributed by atoms with van der Waals surface area (Å²) in [6.45, 7) is 10.8. The third-order valence-corrected chi connectivity index (χ3v) is 9.82. The van der Waals surface area contributed by atoms with E-state index < -0.39 is 24.0 Å². The van der Waals surface area contributed by atoms with Crippen molar-refractivity contribution >= 4 is 41.0 Å². The zero-order chi connectivity index (χ0) is 41.2. The number of halogens is 1. The summed E-state index contributed by atoms with van der Waals surface area (Å²) in [6.07, 6.45) is 1.97. The molecule has 300 valence electrons. The molecule has 6 aromatic rings. The number of aryl methyl sites for hydroxylation is 2. The number of nitrogens with zero attached hydrogens (tertiary/aromatic N) is 4. The number of para-hydroxylation sites is 1. The largest absolute Gasteiger partial charge is 0.481 e. The maximum Gasteiger partial charge on any atom is 0.416 e. The second kappa shape index (κ2) is 19.2. The van der Waals surface area contributed by atoms with Crippen LogP contribution in [0.1, 0.15) is 67.9 Å². The van der Waals surface area contributed by atoms with Gasteiger partial charge in [0.15, 0.2) is 11.9 Å². The standard InChI is InChI=1S/C45H48ClN7O5/c1-6-8-26-52(27-9-7-2)45(56)58-43-39(34-22-16-17-23-35(34)47-41(54)31(5)57-36-25-24-29(3)28-30(36)4)48-44(50-43)53-40(49-42(55)33-20-14-11-15-21-33)37(46)38(51-53)32-18-12-10-13-19-32/h10-25,28,31H,6-9,26-27H2,1-5H3,(H,47,54)(H,48,50)(H,49,55). The van der Waals surface area contributed by atoms with E-state index >= 15 is 0 Å². The number of rotatable bonds is 16. The van der Waals surface area contributed by atoms with Crippen molar-refractivity contribution in [1.29, 1.82) is 0 Å². The molecule has 6 rings (SSSR count). The van der Waals surface area contributed by atoms with Crippen LogP contribution in [-0.4, -0.2) is 61.7 Å². The van der Waals surface area contributed by atoms with Gasteiger partial charge >= 0.3 is 6.09 Å². The Morgan fingerprint density at radius 1 is 0.862 bits per heavy atom. The first-order chi connectivity index (χ1) is 28.1. The molecule has 1 atom stereocenters. The van der Waals surface area contributed by atoms with E-state index in [9.17, 15) is 14.4 Å². The molecule has 2 heterocycles. The number of aromatic nitrogens is 4. The highest BCUT2D eigenvalue weighted by molar-refractivity contribution is 6.36. The molecule has 4 aromatic carbocycles. The highest BCUT2D eigenvalue weighted by Crippen LogP contribution is 2.39. The summed E-state index contributed by atoms with van der Waals surface area (Å²) in [5.41, 5.74) is 4.66. The maximum atomic E-state index is 13.9. The van der Waals surface area contributed by atoms with Crippen molar-refractivity contribution in [2.45, 2.75) is 66.4 Å². The molecular formula is C45H48ClN7O5. The molecule has 0 aliphatic carbocycles. The Labute approximate surface area is 343 Å². The monoisotopic (exact) mass is 801 g/mol. The Balaban J connectivity index is 1.43. The van der Waals surface area contributed by atoms with E-state index in [0.29, 0.717) is 46.9 Å². The third kappa shape index (κ3) is 9.75. The number of hydrogen-bond donors (Lipinski definition) is 3. The maximum absolute atomic E-state index is 13.9. The van der Waals surface area contributed by atoms with Crippen molar-refractivity contribution < 1.29 is 23.9 Å². The number of imidazole rings is 1. The molecule has 3 amide bonds. The molecule has 2 aromatic heterocycles. The minimum Gasteiger partial charge on any atom is -0.481 e. The normalized spacial score (nSPS) is 11.5. The fourth-order valence-corrected chi connectivity index (χ4v) is 6.55. The number of H-pyrrole nitrogens is 1. The van der Waals surface area contributed by atoms with Crippen LogP contribution in [0.15, 0.2) is 103 Å². The third-order valence-electron chi connectivity index (χ3n) is 9.46. The van der Waals surface area contributed by atoms with E-state index in [0.717, 1.165) is 36.8 Å². The first-order valence-corrected chi connectivity index (χ1v) is 19.9. The summed E-state index contributed by atoms with van der Waals surface area (Å²) in [5, 5.41) is 10.9. The van der Waals surface area contributed by atoms with E-state index in [4.69, 9.17) is 31.2 Å². The number of benzene rings is 4. The molecule has 0 saturated carbocycles. The van der Waals surface area contributed by atoms with Crippen molar-refractivity contribution in [3.8, 4) is 40.1 Å². The fourth-order valence-electron chi connectivity index (χ4n) is 6.27. The molecule has 13 heteroatoms. The topological polar surface area (TPSA) is 143 Å². The van der Waals surface area contributed by atoms with Gasteiger partial charge in [-0.15, -0.1) is 0 Å². The van der Waals surface area contributed by atoms with E-state index in [1.807, 2.05) is 68.4 Å². The Bertz CT molecular complexity index is 2350. The van der Waals surface area contributed by atoms with E-state index in [1.54, 1.807) is 60.4 Å². The Hall–Kier alpha value is -6.40. The van der Waals surface area contributed by atoms with Crippen LogP contribution in [0.2, 0.25) is 5.02 Å². The zero-order valence-corrected chi connectivity index (χ0v) is 34.1. The van der Waals surface area contributed by atoms with Crippen LogP contribution in [0, 0.1) is 13.8 Å². The molecule has 3 N–H and O–H groups in total. The highest BCUT2D eigenvalue weighted by atomic mass is 35.5. The second-order valence-corrected chi connectivity index (χ2v) is 14.4. The second-order valence-electron chi connectivity index (χ2n) is 14.0. The van der Waals surface area contributed by atoms with Crippen molar-refractivity contribution in [3.05, 3.63) is 125 Å². The Kier molecular flexibility index (Phi) is 13.6. The van der Waals surface area contributed by atoms with Crippen LogP contribution in [0.5, 0.6) is 11.6 Å². The average Bonchev–Trinajstić information content (AvgIpc) is 3.79. The van der Waals surface area contributed by atoms with E-state index in [1.165, 1.54) is 4.68 Å². The summed E-state index contributed by atoms with van der Waals surface area (Å²) >= 11 is 7.03. The predicted octanol–water partition coefficient (Wildman–Crippen LogP) is 10.3. The lowest BCUT2D eigenvalue weighted by molar-refractivity contribution is -0.122. The molecule has 0 bridgehead atoms. The lowest BCUT2D eigenvalue weighted by Crippen LogP contribution is -2.35. The number of amides is 3. The van der Waals surface area contributed by atoms with Crippen molar-refractivity contribution in [2.24, 2.45) is 0 Å². The van der Waals surface area contributed by atoms with Gasteiger partial charge in [0.2, 0.25) is 5.95 Å². The number of carbonyl (C=O) groups excluding carboxylic acids is 3. The van der Waals surface area contributed by atoms with Crippen molar-refractivity contribution in [3.63, 3.8) is 0 Å². The minimum atomic E-state index is -0.854. The Morgan fingerprint density at radius 2 is 1.52 bits per heavy atom. The summed E-state index contributed by atoms with van der Waals surface area (Å²) in [4.78, 5) is 50.9. The number of nitrogens with one attached hydrogen (secondary N) is 3. The van der Waals surface area contributed by atoms with Crippen LogP contribution in [-0.2, 0) is 4.79 Å². The summed E-state index contributed by atoms with van der Waals surface area (Å²) < 4.78 is 13.6. The number of unbranched alkanes of at least 4 members (excludes halogenated alkanes) is 2. The van der Waals surface area contributed by atoms with Crippen LogP contribution in [0.3, 0.4) is 0 Å². The molecule has 58 heavy (non-hydrogen) atoms. The average molecular weight is 802 g/mol. The number of ether oxygens (including phenoxy) is 2. The van der Waals surface area contributed by atoms with E-state index in [2.05, 4.69) is 29.5 Å². The molecule has 1 unspecified atom stereocenters. The number of aromatic amines is 1. The number of carbonyl (C=O) groups is 3. The quantitative estimate of drug-likeness (QED) is 0.0884. The SMILES string of the molecule is CCCCN(CCCC)C(=O)Oc1nc(-n2nc(-c3ccccc3)c(Cl)c2NC(=O)c2ccccc2)[nH]c1-c1ccccc1NC(=O)C(C)Oc1ccc(C)cc1C. The lowest BCUT2D eigenvalue weighted by atomic mass is 10.1. The molecule has 0 radical (unpaired) electrons. The zero-order valence-electron chi connectivity index (χ0n) is 33.3. The van der Waals surface area contributed by atoms with Crippen LogP contribution in [0.25, 0.3) is 28.5 Å². The van der Waals surface area contributed by atoms with Gasteiger partial charge in [-0.2, -0.15) is 14.8 Å². The first kappa shape index (κ1) is 41.2. The van der Waals surface area contributed by atoms with Gasteiger partial charge in [-0.25, -0.2) is 4.79 Å². The smallest absolute Gasteiger partial charge is 0.416 e. The predicted molar refractivity (Wildman–Crippen MR) is 228 cm³/mol. The fraction of sp³-hybridized carbons (Fsp3) is 0.267. The molecule has 0 aliphatic heterocycles. The molecule has 0 saturated heterocycles. The van der Waals surface area contributed by atoms with Gasteiger partial charge in [0.25, 0.3) is 17.7 Å². The van der Waals surface area contributed by atoms with Crippen LogP contribution in [0.4, 0.5) is 16.3 Å². The lowest BCUT2D eigenvalue weighted by Gasteiger charge is -2.21. The minimum absolute atomic E-state index is 0.0625. The van der Waals surface area contributed by atoms with Gasteiger partial charge in [-0.3, -0.25) is 9.59 Å². The number of anilines is 2. The van der Waals surface area contributed by atoms with Gasteiger partial charge in [-0.05, 0) is 63.4 Å². The van der Waals surface area contributed by atoms with Crippen molar-refractivity contribution in [2.75, 3.05) is 23.7 Å². The Morgan fingerprint density at radius 3 is 2.19 bits per heavy atom. The van der Waals surface area contributed by atoms with Crippen LogP contribution < -0.4 is 20.1 Å².